The fraction of sp³-hybridized carbons (Fsp3) is 0.143. The molecule has 1 aromatic heterocycles. The molecule has 0 fully saturated rings. The second-order valence-electron chi connectivity index (χ2n) is 4.14. The monoisotopic (exact) mass is 260 g/mol. The summed E-state index contributed by atoms with van der Waals surface area (Å²) in [5.74, 6) is -1.84. The lowest BCUT2D eigenvalue weighted by molar-refractivity contribution is 0.0696. The van der Waals surface area contributed by atoms with E-state index in [0.717, 1.165) is 17.8 Å². The number of pyridine rings is 1. The molecule has 19 heavy (non-hydrogen) atoms. The Balaban J connectivity index is 2.18. The number of rotatable bonds is 4. The van der Waals surface area contributed by atoms with Crippen LogP contribution in [0.5, 0.6) is 0 Å². The molecule has 2 aromatic rings. The quantitative estimate of drug-likeness (QED) is 0.886. The summed E-state index contributed by atoms with van der Waals surface area (Å²) >= 11 is 0. The van der Waals surface area contributed by atoms with E-state index in [1.807, 2.05) is 37.3 Å². The third-order valence-corrected chi connectivity index (χ3v) is 2.74. The van der Waals surface area contributed by atoms with Crippen LogP contribution in [0.25, 0.3) is 0 Å². The highest BCUT2D eigenvalue weighted by atomic mass is 19.1. The molecule has 0 spiro atoms. The van der Waals surface area contributed by atoms with Crippen molar-refractivity contribution in [2.24, 2.45) is 0 Å². The fourth-order valence-corrected chi connectivity index (χ4v) is 1.69. The number of benzene rings is 1. The van der Waals surface area contributed by atoms with E-state index in [0.29, 0.717) is 0 Å². The molecular weight excluding hydrogens is 247 g/mol. The summed E-state index contributed by atoms with van der Waals surface area (Å²) < 4.78 is 13.7. The van der Waals surface area contributed by atoms with Crippen LogP contribution in [-0.2, 0) is 0 Å². The number of carboxylic acids is 1. The predicted octanol–water partition coefficient (Wildman–Crippen LogP) is 3.09. The Morgan fingerprint density at radius 1 is 1.37 bits per heavy atom. The normalized spacial score (nSPS) is 11.9. The van der Waals surface area contributed by atoms with Crippen LogP contribution in [0.4, 0.5) is 10.2 Å². The number of nitrogens with zero attached hydrogens (tertiary/aromatic N) is 1. The van der Waals surface area contributed by atoms with E-state index < -0.39 is 11.8 Å². The van der Waals surface area contributed by atoms with E-state index in [2.05, 4.69) is 10.3 Å². The number of hydrogen-bond acceptors (Lipinski definition) is 3. The molecule has 1 aromatic carbocycles. The van der Waals surface area contributed by atoms with Crippen molar-refractivity contribution in [3.05, 3.63) is 59.5 Å². The van der Waals surface area contributed by atoms with Crippen molar-refractivity contribution < 1.29 is 14.3 Å². The SMILES string of the molecule is C[C@@H](Nc1ncc(C(=O)O)cc1F)c1ccccc1. The maximum atomic E-state index is 13.7. The fourth-order valence-electron chi connectivity index (χ4n) is 1.69. The summed E-state index contributed by atoms with van der Waals surface area (Å²) in [4.78, 5) is 14.5. The van der Waals surface area contributed by atoms with E-state index in [1.165, 1.54) is 0 Å². The van der Waals surface area contributed by atoms with E-state index in [-0.39, 0.29) is 17.4 Å². The van der Waals surface area contributed by atoms with Crippen LogP contribution in [0.2, 0.25) is 0 Å². The zero-order chi connectivity index (χ0) is 13.8. The molecule has 5 heteroatoms. The zero-order valence-corrected chi connectivity index (χ0v) is 10.3. The van der Waals surface area contributed by atoms with Gasteiger partial charge in [-0.2, -0.15) is 0 Å². The Hall–Kier alpha value is -2.43. The highest BCUT2D eigenvalue weighted by Crippen LogP contribution is 2.20. The average molecular weight is 260 g/mol. The van der Waals surface area contributed by atoms with Crippen LogP contribution in [0.3, 0.4) is 0 Å². The molecule has 0 unspecified atom stereocenters. The van der Waals surface area contributed by atoms with Gasteiger partial charge in [-0.1, -0.05) is 30.3 Å². The third-order valence-electron chi connectivity index (χ3n) is 2.74. The summed E-state index contributed by atoms with van der Waals surface area (Å²) in [5.41, 5.74) is 0.821. The Morgan fingerprint density at radius 3 is 2.63 bits per heavy atom. The Kier molecular flexibility index (Phi) is 3.75. The standard InChI is InChI=1S/C14H13FN2O2/c1-9(10-5-3-2-4-6-10)17-13-12(15)7-11(8-16-13)14(18)19/h2-9H,1H3,(H,16,17)(H,18,19)/t9-/m1/s1. The van der Waals surface area contributed by atoms with Crippen molar-refractivity contribution in [2.45, 2.75) is 13.0 Å². The molecule has 0 saturated carbocycles. The van der Waals surface area contributed by atoms with Crippen molar-refractivity contribution >= 4 is 11.8 Å². The molecule has 2 rings (SSSR count). The third kappa shape index (κ3) is 3.07. The van der Waals surface area contributed by atoms with Crippen LogP contribution in [-0.4, -0.2) is 16.1 Å². The summed E-state index contributed by atoms with van der Waals surface area (Å²) in [7, 11) is 0. The number of hydrogen-bond donors (Lipinski definition) is 2. The number of nitrogens with one attached hydrogen (secondary N) is 1. The number of aromatic nitrogens is 1. The number of carboxylic acid groups (broad SMARTS) is 1. The van der Waals surface area contributed by atoms with Gasteiger partial charge in [0.25, 0.3) is 0 Å². The maximum absolute atomic E-state index is 13.7. The molecule has 0 bridgehead atoms. The lowest BCUT2D eigenvalue weighted by atomic mass is 10.1. The molecule has 0 saturated heterocycles. The summed E-state index contributed by atoms with van der Waals surface area (Å²) in [5, 5.41) is 11.6. The Labute approximate surface area is 109 Å². The molecular formula is C14H13FN2O2. The van der Waals surface area contributed by atoms with Crippen molar-refractivity contribution in [3.63, 3.8) is 0 Å². The Morgan fingerprint density at radius 2 is 2.05 bits per heavy atom. The molecule has 2 N–H and O–H groups in total. The second-order valence-corrected chi connectivity index (χ2v) is 4.14. The van der Waals surface area contributed by atoms with Crippen LogP contribution in [0, 0.1) is 5.82 Å². The molecule has 0 aliphatic rings. The Bertz CT molecular complexity index is 587. The summed E-state index contributed by atoms with van der Waals surface area (Å²) in [6, 6.07) is 10.4. The molecule has 0 aliphatic heterocycles. The predicted molar refractivity (Wildman–Crippen MR) is 69.6 cm³/mol. The van der Waals surface area contributed by atoms with Gasteiger partial charge in [0.15, 0.2) is 11.6 Å². The number of anilines is 1. The molecule has 1 atom stereocenters. The van der Waals surface area contributed by atoms with Crippen LogP contribution in [0.1, 0.15) is 28.9 Å². The number of aromatic carboxylic acids is 1. The van der Waals surface area contributed by atoms with Gasteiger partial charge in [-0.3, -0.25) is 0 Å². The minimum absolute atomic E-state index is 0.0429. The van der Waals surface area contributed by atoms with Gasteiger partial charge in [-0.25, -0.2) is 14.2 Å². The van der Waals surface area contributed by atoms with Crippen molar-refractivity contribution in [1.29, 1.82) is 0 Å². The van der Waals surface area contributed by atoms with Crippen LogP contribution < -0.4 is 5.32 Å². The average Bonchev–Trinajstić information content (AvgIpc) is 2.41. The van der Waals surface area contributed by atoms with E-state index in [4.69, 9.17) is 5.11 Å². The van der Waals surface area contributed by atoms with Crippen LogP contribution in [0.15, 0.2) is 42.6 Å². The first-order valence-corrected chi connectivity index (χ1v) is 5.78. The van der Waals surface area contributed by atoms with E-state index >= 15 is 0 Å². The van der Waals surface area contributed by atoms with Crippen molar-refractivity contribution in [1.82, 2.24) is 4.98 Å². The maximum Gasteiger partial charge on any atom is 0.337 e. The number of halogens is 1. The van der Waals surface area contributed by atoms with Crippen molar-refractivity contribution in [3.8, 4) is 0 Å². The van der Waals surface area contributed by atoms with Gasteiger partial charge in [0, 0.05) is 6.20 Å². The second kappa shape index (κ2) is 5.48. The van der Waals surface area contributed by atoms with Gasteiger partial charge in [-0.05, 0) is 18.6 Å². The minimum Gasteiger partial charge on any atom is -0.478 e. The first kappa shape index (κ1) is 13.0. The smallest absolute Gasteiger partial charge is 0.337 e. The van der Waals surface area contributed by atoms with Crippen LogP contribution >= 0.6 is 0 Å². The first-order valence-electron chi connectivity index (χ1n) is 5.78. The van der Waals surface area contributed by atoms with Gasteiger partial charge >= 0.3 is 5.97 Å². The molecule has 0 radical (unpaired) electrons. The number of carbonyl (C=O) groups is 1. The van der Waals surface area contributed by atoms with Crippen molar-refractivity contribution in [2.75, 3.05) is 5.32 Å². The first-order chi connectivity index (χ1) is 9.08. The summed E-state index contributed by atoms with van der Waals surface area (Å²) in [6.45, 7) is 1.88. The molecule has 98 valence electrons. The molecule has 0 amide bonds. The summed E-state index contributed by atoms with van der Waals surface area (Å²) in [6.07, 6.45) is 1.13. The molecule has 1 heterocycles. The van der Waals surface area contributed by atoms with Gasteiger partial charge in [0.05, 0.1) is 11.6 Å². The van der Waals surface area contributed by atoms with E-state index in [1.54, 1.807) is 0 Å². The molecule has 0 aliphatic carbocycles. The van der Waals surface area contributed by atoms with Gasteiger partial charge in [-0.15, -0.1) is 0 Å². The zero-order valence-electron chi connectivity index (χ0n) is 10.3. The highest BCUT2D eigenvalue weighted by Gasteiger charge is 2.12. The minimum atomic E-state index is -1.20. The van der Waals surface area contributed by atoms with Gasteiger partial charge in [0.2, 0.25) is 0 Å². The highest BCUT2D eigenvalue weighted by molar-refractivity contribution is 5.87. The topological polar surface area (TPSA) is 62.2 Å². The van der Waals surface area contributed by atoms with Gasteiger partial charge < -0.3 is 10.4 Å². The lowest BCUT2D eigenvalue weighted by Gasteiger charge is -2.15. The van der Waals surface area contributed by atoms with E-state index in [9.17, 15) is 9.18 Å². The lowest BCUT2D eigenvalue weighted by Crippen LogP contribution is -2.10. The van der Waals surface area contributed by atoms with Gasteiger partial charge in [0.1, 0.15) is 0 Å². The molecule has 4 nitrogen and oxygen atoms in total. The largest absolute Gasteiger partial charge is 0.478 e.